The molecular formula is C23H27Cl3N2O6. The van der Waals surface area contributed by atoms with Crippen LogP contribution < -0.4 is 4.90 Å². The van der Waals surface area contributed by atoms with Crippen LogP contribution in [0.25, 0.3) is 0 Å². The number of ether oxygens (including phenoxy) is 2. The van der Waals surface area contributed by atoms with E-state index in [1.165, 1.54) is 19.1 Å². The number of amides is 2. The molecular weight excluding hydrogens is 507 g/mol. The summed E-state index contributed by atoms with van der Waals surface area (Å²) < 4.78 is 9.56. The number of alkyl halides is 3. The maximum Gasteiger partial charge on any atom is 0.414 e. The normalized spacial score (nSPS) is 33.3. The van der Waals surface area contributed by atoms with E-state index in [4.69, 9.17) is 44.3 Å². The molecule has 11 heteroatoms. The van der Waals surface area contributed by atoms with E-state index in [1.807, 2.05) is 11.0 Å². The smallest absolute Gasteiger partial charge is 0.414 e. The minimum atomic E-state index is -1.51. The molecule has 4 heterocycles. The van der Waals surface area contributed by atoms with Crippen LogP contribution >= 0.6 is 34.8 Å². The highest BCUT2D eigenvalue weighted by Gasteiger charge is 2.73. The lowest BCUT2D eigenvalue weighted by Gasteiger charge is -2.59. The lowest BCUT2D eigenvalue weighted by Crippen LogP contribution is -2.72. The second-order valence-electron chi connectivity index (χ2n) is 9.15. The van der Waals surface area contributed by atoms with Gasteiger partial charge in [0, 0.05) is 30.5 Å². The van der Waals surface area contributed by atoms with E-state index >= 15 is 0 Å². The number of para-hydroxylation sites is 1. The number of hydrogen-bond acceptors (Lipinski definition) is 6. The van der Waals surface area contributed by atoms with Crippen LogP contribution in [-0.2, 0) is 24.7 Å². The molecule has 1 aliphatic carbocycles. The molecule has 2 spiro atoms. The minimum absolute atomic E-state index is 0.0627. The predicted octanol–water partition coefficient (Wildman–Crippen LogP) is 3.92. The molecule has 2 amide bonds. The number of hydrogen-bond donors (Lipinski definition) is 1. The zero-order valence-electron chi connectivity index (χ0n) is 18.9. The summed E-state index contributed by atoms with van der Waals surface area (Å²) in [6.07, 6.45) is 2.08. The van der Waals surface area contributed by atoms with Crippen molar-refractivity contribution in [3.05, 3.63) is 29.8 Å². The number of halogens is 3. The molecule has 1 N–H and O–H groups in total. The van der Waals surface area contributed by atoms with Crippen molar-refractivity contribution in [1.82, 2.24) is 4.90 Å². The van der Waals surface area contributed by atoms with Crippen LogP contribution in [0.1, 0.15) is 44.1 Å². The standard InChI is InChI=1S/C22H26N2O6.CHCl3/c1-29-18(26)15-13-20-8-7-17(25)23(20)12-11-22(28)14-5-3-4-6-16(14)24(19(27)30-2)21(15,22)10-9-20;2-1(3)4/h3-6,15,28H,7-13H2,1-2H3;1H/t15-,20+,21+,22-;/m1./s1. The number of carbonyl (C=O) groups is 3. The van der Waals surface area contributed by atoms with Crippen molar-refractivity contribution in [2.45, 2.75) is 59.5 Å². The molecule has 0 unspecified atom stereocenters. The summed E-state index contributed by atoms with van der Waals surface area (Å²) in [5.41, 5.74) is -2.03. The minimum Gasteiger partial charge on any atom is -0.469 e. The van der Waals surface area contributed by atoms with Crippen molar-refractivity contribution in [3.63, 3.8) is 0 Å². The molecule has 1 saturated carbocycles. The summed E-state index contributed by atoms with van der Waals surface area (Å²) in [5.74, 6) is -1.20. The van der Waals surface area contributed by atoms with Gasteiger partial charge in [-0.05, 0) is 31.7 Å². The Morgan fingerprint density at radius 2 is 1.76 bits per heavy atom. The van der Waals surface area contributed by atoms with E-state index in [9.17, 15) is 19.5 Å². The Bertz CT molecular complexity index is 1010. The Kier molecular flexibility index (Phi) is 6.74. The Balaban J connectivity index is 0.000000636. The largest absolute Gasteiger partial charge is 0.469 e. The van der Waals surface area contributed by atoms with Gasteiger partial charge in [-0.2, -0.15) is 0 Å². The quantitative estimate of drug-likeness (QED) is 0.434. The highest BCUT2D eigenvalue weighted by Crippen LogP contribution is 2.64. The number of rotatable bonds is 1. The number of esters is 1. The van der Waals surface area contributed by atoms with Crippen molar-refractivity contribution in [2.75, 3.05) is 25.7 Å². The number of benzene rings is 1. The fourth-order valence-corrected chi connectivity index (χ4v) is 6.77. The number of carbonyl (C=O) groups excluding carboxylic acids is 3. The number of fused-ring (bicyclic) bond motifs is 4. The van der Waals surface area contributed by atoms with Gasteiger partial charge in [-0.25, -0.2) is 4.79 Å². The molecule has 34 heavy (non-hydrogen) atoms. The monoisotopic (exact) mass is 532 g/mol. The Morgan fingerprint density at radius 1 is 1.09 bits per heavy atom. The van der Waals surface area contributed by atoms with E-state index in [0.29, 0.717) is 49.9 Å². The maximum absolute atomic E-state index is 13.2. The molecule has 2 bridgehead atoms. The summed E-state index contributed by atoms with van der Waals surface area (Å²) >= 11 is 14.4. The molecule has 4 fully saturated rings. The first-order chi connectivity index (χ1) is 16.1. The van der Waals surface area contributed by atoms with E-state index in [-0.39, 0.29) is 12.3 Å². The SMILES string of the molecule is COC(=O)[C@H]1C[C@@]23CCC(=O)N2CC[C@@]2(O)c4ccccc4N(C(=O)OC)[C@@]12CC3.ClC(Cl)Cl. The van der Waals surface area contributed by atoms with Crippen LogP contribution in [0.5, 0.6) is 0 Å². The van der Waals surface area contributed by atoms with Gasteiger partial charge in [0.25, 0.3) is 0 Å². The van der Waals surface area contributed by atoms with Gasteiger partial charge >= 0.3 is 12.1 Å². The van der Waals surface area contributed by atoms with E-state index in [2.05, 4.69) is 0 Å². The lowest BCUT2D eigenvalue weighted by molar-refractivity contribution is -0.173. The highest BCUT2D eigenvalue weighted by atomic mass is 35.6. The molecule has 5 aliphatic rings. The number of methoxy groups -OCH3 is 2. The van der Waals surface area contributed by atoms with E-state index in [0.717, 1.165) is 0 Å². The molecule has 1 aromatic carbocycles. The van der Waals surface area contributed by atoms with Gasteiger partial charge in [0.1, 0.15) is 5.60 Å². The van der Waals surface area contributed by atoms with Crippen molar-refractivity contribution in [3.8, 4) is 0 Å². The molecule has 186 valence electrons. The molecule has 1 aromatic rings. The first kappa shape index (κ1) is 25.4. The third-order valence-corrected chi connectivity index (χ3v) is 8.06. The first-order valence-corrected chi connectivity index (χ1v) is 12.4. The average molecular weight is 534 g/mol. The zero-order chi connectivity index (χ0) is 24.9. The van der Waals surface area contributed by atoms with Crippen LogP contribution in [0.3, 0.4) is 0 Å². The van der Waals surface area contributed by atoms with Crippen molar-refractivity contribution >= 4 is 58.5 Å². The Hall–Kier alpha value is -1.74. The maximum atomic E-state index is 13.2. The molecule has 4 atom stereocenters. The third-order valence-electron chi connectivity index (χ3n) is 8.06. The van der Waals surface area contributed by atoms with Gasteiger partial charge in [0.05, 0.1) is 31.4 Å². The van der Waals surface area contributed by atoms with Crippen LogP contribution in [0.2, 0.25) is 0 Å². The molecule has 8 nitrogen and oxygen atoms in total. The fourth-order valence-electron chi connectivity index (χ4n) is 6.77. The highest BCUT2D eigenvalue weighted by molar-refractivity contribution is 6.63. The van der Waals surface area contributed by atoms with E-state index < -0.39 is 39.0 Å². The second-order valence-corrected chi connectivity index (χ2v) is 11.1. The second kappa shape index (κ2) is 9.04. The number of anilines is 1. The summed E-state index contributed by atoms with van der Waals surface area (Å²) in [6, 6.07) is 7.18. The van der Waals surface area contributed by atoms with Crippen LogP contribution in [-0.4, -0.2) is 64.1 Å². The summed E-state index contributed by atoms with van der Waals surface area (Å²) in [6.45, 7) is 0.383. The fraction of sp³-hybridized carbons (Fsp3) is 0.609. The molecule has 6 rings (SSSR count). The van der Waals surface area contributed by atoms with Gasteiger partial charge < -0.3 is 19.5 Å². The van der Waals surface area contributed by atoms with Crippen LogP contribution in [0, 0.1) is 5.92 Å². The summed E-state index contributed by atoms with van der Waals surface area (Å²) in [5, 5.41) is 12.3. The Morgan fingerprint density at radius 3 is 2.41 bits per heavy atom. The summed E-state index contributed by atoms with van der Waals surface area (Å²) in [7, 11) is 2.63. The van der Waals surface area contributed by atoms with Crippen LogP contribution in [0.15, 0.2) is 24.3 Å². The van der Waals surface area contributed by atoms with Gasteiger partial charge in [-0.15, -0.1) is 0 Å². The number of nitrogens with zero attached hydrogens (tertiary/aromatic N) is 2. The first-order valence-electron chi connectivity index (χ1n) is 11.1. The van der Waals surface area contributed by atoms with Crippen LogP contribution in [0.4, 0.5) is 10.5 Å². The van der Waals surface area contributed by atoms with Gasteiger partial charge in [-0.1, -0.05) is 53.0 Å². The average Bonchev–Trinajstić information content (AvgIpc) is 3.20. The van der Waals surface area contributed by atoms with Gasteiger partial charge in [-0.3, -0.25) is 14.5 Å². The molecule has 0 aromatic heterocycles. The van der Waals surface area contributed by atoms with Crippen molar-refractivity contribution in [2.24, 2.45) is 5.92 Å². The molecule has 0 radical (unpaired) electrons. The lowest BCUT2D eigenvalue weighted by atomic mass is 9.56. The van der Waals surface area contributed by atoms with Gasteiger partial charge in [0.2, 0.25) is 5.91 Å². The number of aliphatic hydroxyl groups is 1. The Labute approximate surface area is 213 Å². The predicted molar refractivity (Wildman–Crippen MR) is 127 cm³/mol. The third kappa shape index (κ3) is 3.48. The zero-order valence-corrected chi connectivity index (χ0v) is 21.2. The van der Waals surface area contributed by atoms with Crippen molar-refractivity contribution in [1.29, 1.82) is 0 Å². The van der Waals surface area contributed by atoms with Gasteiger partial charge in [0.15, 0.2) is 4.30 Å². The van der Waals surface area contributed by atoms with Crippen molar-refractivity contribution < 1.29 is 29.0 Å². The topological polar surface area (TPSA) is 96.4 Å². The molecule has 4 aliphatic heterocycles. The van der Waals surface area contributed by atoms with E-state index in [1.54, 1.807) is 18.2 Å². The summed E-state index contributed by atoms with van der Waals surface area (Å²) in [4.78, 5) is 42.3. The molecule has 3 saturated heterocycles.